The highest BCUT2D eigenvalue weighted by atomic mass is 16.3. The van der Waals surface area contributed by atoms with E-state index in [1.54, 1.807) is 0 Å². The number of hydrogen-bond acceptors (Lipinski definition) is 3. The fourth-order valence-corrected chi connectivity index (χ4v) is 2.84. The van der Waals surface area contributed by atoms with E-state index in [1.807, 2.05) is 0 Å². The van der Waals surface area contributed by atoms with Crippen molar-refractivity contribution >= 4 is 5.96 Å². The standard InChI is InChI=1S/C19H32N4O/c1-3-11-21-19(20-4-2)22-14-16-5-7-17(8-6-16)15-23-12-9-18(24)10-13-23/h5-8,18,24H,3-4,9-15H2,1-2H3,(H2,20,21,22). The molecule has 0 radical (unpaired) electrons. The van der Waals surface area contributed by atoms with E-state index >= 15 is 0 Å². The number of hydrogen-bond donors (Lipinski definition) is 3. The molecule has 24 heavy (non-hydrogen) atoms. The van der Waals surface area contributed by atoms with E-state index in [1.165, 1.54) is 11.1 Å². The molecule has 0 amide bonds. The first kappa shape index (κ1) is 18.7. The minimum Gasteiger partial charge on any atom is -0.393 e. The van der Waals surface area contributed by atoms with Crippen molar-refractivity contribution in [3.63, 3.8) is 0 Å². The maximum Gasteiger partial charge on any atom is 0.191 e. The molecule has 0 saturated carbocycles. The second kappa shape index (κ2) is 10.3. The minimum atomic E-state index is -0.103. The number of nitrogens with zero attached hydrogens (tertiary/aromatic N) is 2. The van der Waals surface area contributed by atoms with Gasteiger partial charge < -0.3 is 15.7 Å². The highest BCUT2D eigenvalue weighted by Gasteiger charge is 2.16. The van der Waals surface area contributed by atoms with Crippen LogP contribution in [0.15, 0.2) is 29.3 Å². The molecule has 1 aromatic carbocycles. The molecule has 0 aromatic heterocycles. The number of benzene rings is 1. The second-order valence-electron chi connectivity index (χ2n) is 6.45. The highest BCUT2D eigenvalue weighted by molar-refractivity contribution is 5.79. The van der Waals surface area contributed by atoms with Crippen LogP contribution in [0, 0.1) is 0 Å². The van der Waals surface area contributed by atoms with Crippen LogP contribution in [0.1, 0.15) is 44.2 Å². The average Bonchev–Trinajstić information content (AvgIpc) is 2.60. The SMILES string of the molecule is CCCNC(=NCc1ccc(CN2CCC(O)CC2)cc1)NCC. The number of aliphatic imine (C=N–C) groups is 1. The number of aliphatic hydroxyl groups is 1. The molecule has 0 bridgehead atoms. The van der Waals surface area contributed by atoms with E-state index in [-0.39, 0.29) is 6.10 Å². The lowest BCUT2D eigenvalue weighted by molar-refractivity contribution is 0.0792. The molecule has 0 aliphatic carbocycles. The molecule has 5 nitrogen and oxygen atoms in total. The summed E-state index contributed by atoms with van der Waals surface area (Å²) in [7, 11) is 0. The highest BCUT2D eigenvalue weighted by Crippen LogP contribution is 2.14. The van der Waals surface area contributed by atoms with Crippen molar-refractivity contribution < 1.29 is 5.11 Å². The first-order valence-corrected chi connectivity index (χ1v) is 9.21. The fraction of sp³-hybridized carbons (Fsp3) is 0.632. The molecular weight excluding hydrogens is 300 g/mol. The van der Waals surface area contributed by atoms with Crippen molar-refractivity contribution in [1.29, 1.82) is 0 Å². The molecule has 0 spiro atoms. The molecule has 2 rings (SSSR count). The number of guanidine groups is 1. The van der Waals surface area contributed by atoms with Gasteiger partial charge in [0.15, 0.2) is 5.96 Å². The van der Waals surface area contributed by atoms with Gasteiger partial charge in [-0.2, -0.15) is 0 Å². The number of piperidine rings is 1. The molecular formula is C19H32N4O. The zero-order valence-electron chi connectivity index (χ0n) is 15.1. The summed E-state index contributed by atoms with van der Waals surface area (Å²) >= 11 is 0. The molecule has 3 N–H and O–H groups in total. The summed E-state index contributed by atoms with van der Waals surface area (Å²) in [5.41, 5.74) is 2.55. The van der Waals surface area contributed by atoms with E-state index in [0.717, 1.165) is 57.9 Å². The Balaban J connectivity index is 1.84. The van der Waals surface area contributed by atoms with Crippen molar-refractivity contribution in [3.8, 4) is 0 Å². The van der Waals surface area contributed by atoms with Gasteiger partial charge in [-0.3, -0.25) is 4.90 Å². The Labute approximate surface area is 146 Å². The largest absolute Gasteiger partial charge is 0.393 e. The lowest BCUT2D eigenvalue weighted by Crippen LogP contribution is -2.37. The average molecular weight is 332 g/mol. The molecule has 1 saturated heterocycles. The number of rotatable bonds is 7. The molecule has 0 unspecified atom stereocenters. The van der Waals surface area contributed by atoms with Crippen LogP contribution in [0.4, 0.5) is 0 Å². The summed E-state index contributed by atoms with van der Waals surface area (Å²) in [6.45, 7) is 9.68. The van der Waals surface area contributed by atoms with Crippen LogP contribution in [0.2, 0.25) is 0 Å². The fourth-order valence-electron chi connectivity index (χ4n) is 2.84. The monoisotopic (exact) mass is 332 g/mol. The first-order valence-electron chi connectivity index (χ1n) is 9.21. The smallest absolute Gasteiger partial charge is 0.191 e. The zero-order chi connectivity index (χ0) is 17.2. The van der Waals surface area contributed by atoms with Gasteiger partial charge in [0.1, 0.15) is 0 Å². The van der Waals surface area contributed by atoms with Gasteiger partial charge in [0.2, 0.25) is 0 Å². The van der Waals surface area contributed by atoms with Crippen molar-refractivity contribution in [3.05, 3.63) is 35.4 Å². The van der Waals surface area contributed by atoms with Gasteiger partial charge in [-0.25, -0.2) is 4.99 Å². The van der Waals surface area contributed by atoms with Gasteiger partial charge in [0.05, 0.1) is 12.6 Å². The van der Waals surface area contributed by atoms with Crippen molar-refractivity contribution in [2.75, 3.05) is 26.2 Å². The van der Waals surface area contributed by atoms with Crippen LogP contribution < -0.4 is 10.6 Å². The Hall–Kier alpha value is -1.59. The summed E-state index contributed by atoms with van der Waals surface area (Å²) in [5.74, 6) is 0.885. The molecule has 5 heteroatoms. The Bertz CT molecular complexity index is 493. The van der Waals surface area contributed by atoms with Crippen LogP contribution in [-0.2, 0) is 13.1 Å². The Kier molecular flexibility index (Phi) is 8.05. The van der Waals surface area contributed by atoms with E-state index in [2.05, 4.69) is 58.6 Å². The van der Waals surface area contributed by atoms with E-state index < -0.39 is 0 Å². The van der Waals surface area contributed by atoms with Gasteiger partial charge >= 0.3 is 0 Å². The second-order valence-corrected chi connectivity index (χ2v) is 6.45. The van der Waals surface area contributed by atoms with Crippen LogP contribution in [0.3, 0.4) is 0 Å². The third-order valence-electron chi connectivity index (χ3n) is 4.29. The molecule has 1 aliphatic rings. The zero-order valence-corrected chi connectivity index (χ0v) is 15.1. The maximum absolute atomic E-state index is 9.58. The third-order valence-corrected chi connectivity index (χ3v) is 4.29. The molecule has 0 atom stereocenters. The van der Waals surface area contributed by atoms with E-state index in [4.69, 9.17) is 0 Å². The summed E-state index contributed by atoms with van der Waals surface area (Å²) in [6.07, 6.45) is 2.77. The Morgan fingerprint density at radius 2 is 1.79 bits per heavy atom. The first-order chi connectivity index (χ1) is 11.7. The molecule has 134 valence electrons. The third kappa shape index (κ3) is 6.49. The van der Waals surface area contributed by atoms with Gasteiger partial charge in [-0.05, 0) is 37.3 Å². The predicted molar refractivity (Wildman–Crippen MR) is 100 cm³/mol. The summed E-state index contributed by atoms with van der Waals surface area (Å²) < 4.78 is 0. The quantitative estimate of drug-likeness (QED) is 0.529. The molecule has 1 heterocycles. The summed E-state index contributed by atoms with van der Waals surface area (Å²) in [6, 6.07) is 8.73. The van der Waals surface area contributed by atoms with Crippen molar-refractivity contribution in [1.82, 2.24) is 15.5 Å². The van der Waals surface area contributed by atoms with Gasteiger partial charge in [0, 0.05) is 32.7 Å². The van der Waals surface area contributed by atoms with Gasteiger partial charge in [0.25, 0.3) is 0 Å². The van der Waals surface area contributed by atoms with Crippen LogP contribution >= 0.6 is 0 Å². The topological polar surface area (TPSA) is 59.9 Å². The normalized spacial score (nSPS) is 17.0. The number of aliphatic hydroxyl groups excluding tert-OH is 1. The van der Waals surface area contributed by atoms with Gasteiger partial charge in [-0.1, -0.05) is 31.2 Å². The Morgan fingerprint density at radius 3 is 2.42 bits per heavy atom. The summed E-state index contributed by atoms with van der Waals surface area (Å²) in [5, 5.41) is 16.2. The minimum absolute atomic E-state index is 0.103. The number of likely N-dealkylation sites (tertiary alicyclic amines) is 1. The maximum atomic E-state index is 9.58. The molecule has 1 aliphatic heterocycles. The summed E-state index contributed by atoms with van der Waals surface area (Å²) in [4.78, 5) is 7.05. The van der Waals surface area contributed by atoms with Crippen LogP contribution in [0.25, 0.3) is 0 Å². The van der Waals surface area contributed by atoms with Crippen molar-refractivity contribution in [2.45, 2.75) is 52.3 Å². The predicted octanol–water partition coefficient (Wildman–Crippen LogP) is 2.11. The van der Waals surface area contributed by atoms with Crippen molar-refractivity contribution in [2.24, 2.45) is 4.99 Å². The van der Waals surface area contributed by atoms with E-state index in [0.29, 0.717) is 6.54 Å². The van der Waals surface area contributed by atoms with Gasteiger partial charge in [-0.15, -0.1) is 0 Å². The molecule has 1 fully saturated rings. The lowest BCUT2D eigenvalue weighted by atomic mass is 10.1. The lowest BCUT2D eigenvalue weighted by Gasteiger charge is -2.29. The van der Waals surface area contributed by atoms with Crippen LogP contribution in [-0.4, -0.2) is 48.2 Å². The number of nitrogens with one attached hydrogen (secondary N) is 2. The van der Waals surface area contributed by atoms with E-state index in [9.17, 15) is 5.11 Å². The van der Waals surface area contributed by atoms with Crippen LogP contribution in [0.5, 0.6) is 0 Å². The molecule has 1 aromatic rings. The Morgan fingerprint density at radius 1 is 1.12 bits per heavy atom.